The first-order valence-electron chi connectivity index (χ1n) is 12.1. The standard InChI is InChI=1S/C27H34N2O4/c1-3-4-14-32-15-16-33-25-11-8-20(9-12-25)23-18-22-17-21(27(30)31-2)7-10-24-6-5-13-29(24)26(22)28-19-23/h8-9,11-12,17-19,24H,3-7,10,13-16H2,1-2H3/b21-17+/t24-/m0/s1. The second kappa shape index (κ2) is 11.3. The molecule has 6 heteroatoms. The summed E-state index contributed by atoms with van der Waals surface area (Å²) in [5, 5.41) is 0. The Labute approximate surface area is 196 Å². The average Bonchev–Trinajstić information content (AvgIpc) is 3.30. The van der Waals surface area contributed by atoms with E-state index in [1.807, 2.05) is 36.5 Å². The Morgan fingerprint density at radius 2 is 1.97 bits per heavy atom. The number of anilines is 1. The van der Waals surface area contributed by atoms with Crippen LogP contribution in [0.3, 0.4) is 0 Å². The lowest BCUT2D eigenvalue weighted by atomic mass is 9.97. The van der Waals surface area contributed by atoms with Crippen molar-refractivity contribution in [2.24, 2.45) is 0 Å². The molecular weight excluding hydrogens is 416 g/mol. The van der Waals surface area contributed by atoms with Crippen LogP contribution in [0.15, 0.2) is 42.1 Å². The number of carbonyl (C=O) groups excluding carboxylic acids is 1. The molecule has 0 spiro atoms. The van der Waals surface area contributed by atoms with Crippen molar-refractivity contribution in [2.75, 3.05) is 38.4 Å². The van der Waals surface area contributed by atoms with Gasteiger partial charge in [0.15, 0.2) is 0 Å². The van der Waals surface area contributed by atoms with Crippen molar-refractivity contribution in [3.63, 3.8) is 0 Å². The molecule has 0 radical (unpaired) electrons. The van der Waals surface area contributed by atoms with E-state index in [4.69, 9.17) is 19.2 Å². The summed E-state index contributed by atoms with van der Waals surface area (Å²) in [5.74, 6) is 1.54. The highest BCUT2D eigenvalue weighted by atomic mass is 16.5. The minimum absolute atomic E-state index is 0.252. The van der Waals surface area contributed by atoms with Crippen LogP contribution < -0.4 is 9.64 Å². The Morgan fingerprint density at radius 1 is 1.12 bits per heavy atom. The second-order valence-corrected chi connectivity index (χ2v) is 8.66. The van der Waals surface area contributed by atoms with Gasteiger partial charge in [-0.1, -0.05) is 25.5 Å². The van der Waals surface area contributed by atoms with E-state index >= 15 is 0 Å². The molecule has 0 unspecified atom stereocenters. The number of hydrogen-bond donors (Lipinski definition) is 0. The van der Waals surface area contributed by atoms with Crippen LogP contribution in [0, 0.1) is 0 Å². The highest BCUT2D eigenvalue weighted by molar-refractivity contribution is 5.95. The van der Waals surface area contributed by atoms with Crippen LogP contribution in [-0.2, 0) is 14.3 Å². The van der Waals surface area contributed by atoms with Crippen LogP contribution in [0.5, 0.6) is 5.75 Å². The van der Waals surface area contributed by atoms with Crippen molar-refractivity contribution in [1.82, 2.24) is 4.98 Å². The van der Waals surface area contributed by atoms with Crippen LogP contribution in [0.25, 0.3) is 17.2 Å². The smallest absolute Gasteiger partial charge is 0.333 e. The average molecular weight is 451 g/mol. The minimum atomic E-state index is -0.252. The van der Waals surface area contributed by atoms with Gasteiger partial charge in [0.05, 0.1) is 13.7 Å². The van der Waals surface area contributed by atoms with Gasteiger partial charge in [-0.2, -0.15) is 0 Å². The van der Waals surface area contributed by atoms with Gasteiger partial charge in [-0.15, -0.1) is 0 Å². The first-order chi connectivity index (χ1) is 16.2. The van der Waals surface area contributed by atoms with Crippen LogP contribution >= 0.6 is 0 Å². The lowest BCUT2D eigenvalue weighted by molar-refractivity contribution is -0.136. The van der Waals surface area contributed by atoms with Gasteiger partial charge < -0.3 is 19.1 Å². The van der Waals surface area contributed by atoms with Crippen molar-refractivity contribution in [3.8, 4) is 16.9 Å². The Balaban J connectivity index is 1.51. The van der Waals surface area contributed by atoms with Crippen molar-refractivity contribution in [2.45, 2.75) is 51.5 Å². The topological polar surface area (TPSA) is 60.9 Å². The highest BCUT2D eigenvalue weighted by Crippen LogP contribution is 2.36. The molecule has 6 nitrogen and oxygen atoms in total. The Kier molecular flexibility index (Phi) is 8.00. The van der Waals surface area contributed by atoms with E-state index in [2.05, 4.69) is 17.9 Å². The molecule has 1 aromatic carbocycles. The fourth-order valence-electron chi connectivity index (χ4n) is 4.58. The first kappa shape index (κ1) is 23.3. The number of unbranched alkanes of at least 4 members (excludes halogenated alkanes) is 1. The van der Waals surface area contributed by atoms with Crippen molar-refractivity contribution < 1.29 is 19.0 Å². The van der Waals surface area contributed by atoms with Gasteiger partial charge in [-0.05, 0) is 61.9 Å². The van der Waals surface area contributed by atoms with Gasteiger partial charge in [0.25, 0.3) is 0 Å². The number of aromatic nitrogens is 1. The van der Waals surface area contributed by atoms with Gasteiger partial charge in [-0.3, -0.25) is 0 Å². The quantitative estimate of drug-likeness (QED) is 0.383. The van der Waals surface area contributed by atoms with E-state index < -0.39 is 0 Å². The minimum Gasteiger partial charge on any atom is -0.491 e. The number of esters is 1. The molecule has 2 aliphatic rings. The largest absolute Gasteiger partial charge is 0.491 e. The number of nitrogens with zero attached hydrogens (tertiary/aromatic N) is 2. The molecule has 3 heterocycles. The first-order valence-corrected chi connectivity index (χ1v) is 12.1. The molecule has 2 aliphatic heterocycles. The maximum absolute atomic E-state index is 12.3. The molecule has 33 heavy (non-hydrogen) atoms. The highest BCUT2D eigenvalue weighted by Gasteiger charge is 2.30. The molecule has 0 aliphatic carbocycles. The summed E-state index contributed by atoms with van der Waals surface area (Å²) in [7, 11) is 1.44. The zero-order valence-electron chi connectivity index (χ0n) is 19.7. The molecule has 0 bridgehead atoms. The van der Waals surface area contributed by atoms with Gasteiger partial charge in [0.1, 0.15) is 18.2 Å². The zero-order chi connectivity index (χ0) is 23.0. The summed E-state index contributed by atoms with van der Waals surface area (Å²) >= 11 is 0. The van der Waals surface area contributed by atoms with E-state index in [1.54, 1.807) is 0 Å². The third-order valence-corrected chi connectivity index (χ3v) is 6.39. The molecule has 2 aromatic rings. The number of carbonyl (C=O) groups is 1. The molecule has 0 N–H and O–H groups in total. The third kappa shape index (κ3) is 5.74. The molecule has 0 saturated carbocycles. The molecule has 4 rings (SSSR count). The third-order valence-electron chi connectivity index (χ3n) is 6.39. The lowest BCUT2D eigenvalue weighted by Crippen LogP contribution is -2.31. The molecule has 176 valence electrons. The second-order valence-electron chi connectivity index (χ2n) is 8.66. The van der Waals surface area contributed by atoms with E-state index in [0.29, 0.717) is 24.8 Å². The fourth-order valence-corrected chi connectivity index (χ4v) is 4.58. The van der Waals surface area contributed by atoms with Gasteiger partial charge >= 0.3 is 5.97 Å². The number of methoxy groups -OCH3 is 1. The summed E-state index contributed by atoms with van der Waals surface area (Å²) in [6.07, 6.45) is 10.1. The molecule has 1 saturated heterocycles. The number of rotatable bonds is 9. The Morgan fingerprint density at radius 3 is 2.76 bits per heavy atom. The van der Waals surface area contributed by atoms with E-state index in [1.165, 1.54) is 7.11 Å². The molecular formula is C27H34N2O4. The predicted molar refractivity (Wildman–Crippen MR) is 130 cm³/mol. The Hall–Kier alpha value is -2.86. The number of ether oxygens (including phenoxy) is 3. The van der Waals surface area contributed by atoms with Crippen LogP contribution in [0.4, 0.5) is 5.82 Å². The van der Waals surface area contributed by atoms with Crippen LogP contribution in [-0.4, -0.2) is 50.5 Å². The number of benzene rings is 1. The van der Waals surface area contributed by atoms with Crippen LogP contribution in [0.1, 0.15) is 51.0 Å². The number of pyridine rings is 1. The predicted octanol–water partition coefficient (Wildman–Crippen LogP) is 5.26. The lowest BCUT2D eigenvalue weighted by Gasteiger charge is -2.29. The van der Waals surface area contributed by atoms with E-state index in [-0.39, 0.29) is 5.97 Å². The van der Waals surface area contributed by atoms with Crippen LogP contribution in [0.2, 0.25) is 0 Å². The van der Waals surface area contributed by atoms with Gasteiger partial charge in [-0.25, -0.2) is 9.78 Å². The summed E-state index contributed by atoms with van der Waals surface area (Å²) in [4.78, 5) is 19.6. The van der Waals surface area contributed by atoms with Crippen molar-refractivity contribution in [3.05, 3.63) is 47.7 Å². The van der Waals surface area contributed by atoms with Gasteiger partial charge in [0.2, 0.25) is 0 Å². The van der Waals surface area contributed by atoms with Crippen molar-refractivity contribution >= 4 is 17.9 Å². The van der Waals surface area contributed by atoms with Gasteiger partial charge in [0, 0.05) is 42.1 Å². The molecule has 1 aromatic heterocycles. The molecule has 0 amide bonds. The number of hydrogen-bond acceptors (Lipinski definition) is 6. The maximum atomic E-state index is 12.3. The summed E-state index contributed by atoms with van der Waals surface area (Å²) in [6.45, 7) is 5.10. The monoisotopic (exact) mass is 450 g/mol. The summed E-state index contributed by atoms with van der Waals surface area (Å²) in [5.41, 5.74) is 3.77. The number of fused-ring (bicyclic) bond motifs is 3. The normalized spacial score (nSPS) is 19.0. The van der Waals surface area contributed by atoms with Crippen molar-refractivity contribution in [1.29, 1.82) is 0 Å². The Bertz CT molecular complexity index is 971. The SMILES string of the molecule is CCCCOCCOc1ccc(-c2cnc3c(c2)/C=C(/C(=O)OC)CC[C@@H]2CCCN32)cc1. The van der Waals surface area contributed by atoms with E-state index in [9.17, 15) is 4.79 Å². The zero-order valence-corrected chi connectivity index (χ0v) is 19.7. The summed E-state index contributed by atoms with van der Waals surface area (Å²) < 4.78 is 16.4. The maximum Gasteiger partial charge on any atom is 0.333 e. The molecule has 1 fully saturated rings. The summed E-state index contributed by atoms with van der Waals surface area (Å²) in [6, 6.07) is 10.6. The van der Waals surface area contributed by atoms with E-state index in [0.717, 1.165) is 79.9 Å². The fraction of sp³-hybridized carbons (Fsp3) is 0.481. The molecule has 1 atom stereocenters.